The van der Waals surface area contributed by atoms with Crippen LogP contribution >= 0.6 is 23.5 Å². The summed E-state index contributed by atoms with van der Waals surface area (Å²) in [6.07, 6.45) is 6.95. The van der Waals surface area contributed by atoms with E-state index in [0.717, 1.165) is 22.2 Å². The van der Waals surface area contributed by atoms with E-state index in [0.29, 0.717) is 11.1 Å². The molecule has 1 fully saturated rings. The number of allylic oxidation sites excluding steroid dienone is 3. The Morgan fingerprint density at radius 3 is 1.72 bits per heavy atom. The van der Waals surface area contributed by atoms with Crippen molar-refractivity contribution in [2.24, 2.45) is 0 Å². The van der Waals surface area contributed by atoms with Crippen molar-refractivity contribution < 1.29 is 19.8 Å². The fourth-order valence-corrected chi connectivity index (χ4v) is 5.32. The summed E-state index contributed by atoms with van der Waals surface area (Å²) in [5.41, 5.74) is 1.51. The predicted octanol–water partition coefficient (Wildman–Crippen LogP) is 5.04. The summed E-state index contributed by atoms with van der Waals surface area (Å²) in [4.78, 5) is 25.8. The van der Waals surface area contributed by atoms with Crippen LogP contribution < -0.4 is 0 Å². The van der Waals surface area contributed by atoms with Crippen LogP contribution in [0.5, 0.6) is 11.5 Å². The molecule has 29 heavy (non-hydrogen) atoms. The molecule has 0 unspecified atom stereocenters. The molecule has 1 heterocycles. The van der Waals surface area contributed by atoms with Crippen molar-refractivity contribution in [1.29, 1.82) is 0 Å². The fraction of sp³-hybridized carbons (Fsp3) is 0.130. The minimum absolute atomic E-state index is 0.113. The number of phenols is 2. The topological polar surface area (TPSA) is 74.6 Å². The molecule has 0 saturated carbocycles. The van der Waals surface area contributed by atoms with Crippen LogP contribution in [0.2, 0.25) is 0 Å². The van der Waals surface area contributed by atoms with Gasteiger partial charge in [-0.05, 0) is 65.5 Å². The van der Waals surface area contributed by atoms with Gasteiger partial charge in [0.15, 0.2) is 11.6 Å². The first-order valence-corrected chi connectivity index (χ1v) is 11.0. The normalized spacial score (nSPS) is 14.4. The molecule has 1 aliphatic heterocycles. The molecule has 3 rings (SSSR count). The average molecular weight is 425 g/mol. The largest absolute Gasteiger partial charge is 0.508 e. The third-order valence-corrected chi connectivity index (χ3v) is 6.67. The number of benzene rings is 2. The summed E-state index contributed by atoms with van der Waals surface area (Å²) in [6.45, 7) is 0. The molecule has 1 aliphatic rings. The number of rotatable bonds is 6. The second-order valence-corrected chi connectivity index (χ2v) is 8.77. The lowest BCUT2D eigenvalue weighted by molar-refractivity contribution is -0.116. The molecule has 0 amide bonds. The number of aromatic hydroxyl groups is 2. The summed E-state index contributed by atoms with van der Waals surface area (Å²) in [6, 6.07) is 13.1. The van der Waals surface area contributed by atoms with E-state index in [1.807, 2.05) is 0 Å². The molecule has 0 atom stereocenters. The van der Waals surface area contributed by atoms with Gasteiger partial charge in [-0.15, -0.1) is 23.5 Å². The molecule has 0 radical (unpaired) electrons. The molecular formula is C23H20O4S2. The number of carbonyl (C=O) groups excluding carboxylic acids is 2. The van der Waals surface area contributed by atoms with Gasteiger partial charge in [0.1, 0.15) is 11.5 Å². The molecule has 4 nitrogen and oxygen atoms in total. The summed E-state index contributed by atoms with van der Waals surface area (Å²) in [7, 11) is 0. The van der Waals surface area contributed by atoms with Gasteiger partial charge in [0.2, 0.25) is 0 Å². The Hall–Kier alpha value is -2.70. The lowest BCUT2D eigenvalue weighted by Crippen LogP contribution is -2.12. The van der Waals surface area contributed by atoms with Crippen molar-refractivity contribution in [3.8, 4) is 11.5 Å². The highest BCUT2D eigenvalue weighted by molar-refractivity contribution is 8.22. The maximum absolute atomic E-state index is 12.9. The first-order valence-electron chi connectivity index (χ1n) is 9.06. The number of carbonyl (C=O) groups is 2. The minimum Gasteiger partial charge on any atom is -0.508 e. The zero-order valence-corrected chi connectivity index (χ0v) is 17.2. The first kappa shape index (κ1) is 21.0. The van der Waals surface area contributed by atoms with E-state index in [2.05, 4.69) is 0 Å². The van der Waals surface area contributed by atoms with Crippen molar-refractivity contribution in [1.82, 2.24) is 0 Å². The highest BCUT2D eigenvalue weighted by atomic mass is 32.2. The quantitative estimate of drug-likeness (QED) is 0.384. The summed E-state index contributed by atoms with van der Waals surface area (Å²) >= 11 is 3.06. The van der Waals surface area contributed by atoms with Crippen molar-refractivity contribution in [2.75, 3.05) is 11.5 Å². The molecule has 0 aliphatic carbocycles. The van der Waals surface area contributed by atoms with Gasteiger partial charge >= 0.3 is 0 Å². The minimum atomic E-state index is -0.365. The molecular weight excluding hydrogens is 404 g/mol. The number of thioether (sulfide) groups is 2. The summed E-state index contributed by atoms with van der Waals surface area (Å²) < 4.78 is 0.743. The van der Waals surface area contributed by atoms with Crippen LogP contribution in [0.1, 0.15) is 17.5 Å². The Bertz CT molecular complexity index is 928. The van der Waals surface area contributed by atoms with Crippen molar-refractivity contribution >= 4 is 47.2 Å². The third-order valence-electron chi connectivity index (χ3n) is 4.05. The highest BCUT2D eigenvalue weighted by Crippen LogP contribution is 2.38. The van der Waals surface area contributed by atoms with Gasteiger partial charge in [0, 0.05) is 0 Å². The Balaban J connectivity index is 1.86. The second kappa shape index (κ2) is 10.2. The zero-order valence-electron chi connectivity index (χ0n) is 15.6. The number of hydrogen-bond donors (Lipinski definition) is 2. The van der Waals surface area contributed by atoms with Gasteiger partial charge in [0.05, 0.1) is 9.81 Å². The van der Waals surface area contributed by atoms with Crippen molar-refractivity contribution in [2.45, 2.75) is 6.42 Å². The van der Waals surface area contributed by atoms with Crippen LogP contribution in [0.3, 0.4) is 0 Å². The van der Waals surface area contributed by atoms with E-state index in [9.17, 15) is 19.8 Å². The van der Waals surface area contributed by atoms with Crippen LogP contribution in [0.4, 0.5) is 0 Å². The lowest BCUT2D eigenvalue weighted by Gasteiger charge is -2.15. The van der Waals surface area contributed by atoms with E-state index in [-0.39, 0.29) is 28.6 Å². The van der Waals surface area contributed by atoms with Gasteiger partial charge in [0.25, 0.3) is 0 Å². The third kappa shape index (κ3) is 6.14. The monoisotopic (exact) mass is 424 g/mol. The van der Waals surface area contributed by atoms with Crippen LogP contribution in [-0.4, -0.2) is 33.3 Å². The lowest BCUT2D eigenvalue weighted by atomic mass is 10.1. The van der Waals surface area contributed by atoms with E-state index in [1.165, 1.54) is 35.7 Å². The summed E-state index contributed by atoms with van der Waals surface area (Å²) in [5.74, 6) is 1.24. The molecule has 0 spiro atoms. The molecule has 148 valence electrons. The maximum Gasteiger partial charge on any atom is 0.191 e. The van der Waals surface area contributed by atoms with Gasteiger partial charge in [-0.3, -0.25) is 9.59 Å². The number of ketones is 2. The van der Waals surface area contributed by atoms with Gasteiger partial charge in [-0.2, -0.15) is 0 Å². The maximum atomic E-state index is 12.9. The molecule has 0 bridgehead atoms. The van der Waals surface area contributed by atoms with E-state index in [4.69, 9.17) is 0 Å². The Labute approximate surface area is 178 Å². The number of hydrogen-bond acceptors (Lipinski definition) is 6. The first-order chi connectivity index (χ1) is 14.0. The van der Waals surface area contributed by atoms with Crippen LogP contribution in [-0.2, 0) is 9.59 Å². The Morgan fingerprint density at radius 2 is 1.28 bits per heavy atom. The smallest absolute Gasteiger partial charge is 0.191 e. The molecule has 1 saturated heterocycles. The zero-order chi connectivity index (χ0) is 20.6. The van der Waals surface area contributed by atoms with E-state index < -0.39 is 0 Å². The Kier molecular flexibility index (Phi) is 7.38. The average Bonchev–Trinajstić information content (AvgIpc) is 2.72. The van der Waals surface area contributed by atoms with E-state index in [1.54, 1.807) is 60.7 Å². The Morgan fingerprint density at radius 1 is 0.793 bits per heavy atom. The number of phenolic OH excluding ortho intramolecular Hbond substituents is 2. The van der Waals surface area contributed by atoms with E-state index >= 15 is 0 Å². The van der Waals surface area contributed by atoms with Crippen molar-refractivity contribution in [3.63, 3.8) is 0 Å². The van der Waals surface area contributed by atoms with Crippen LogP contribution in [0, 0.1) is 0 Å². The predicted molar refractivity (Wildman–Crippen MR) is 121 cm³/mol. The molecule has 2 aromatic carbocycles. The molecule has 2 N–H and O–H groups in total. The van der Waals surface area contributed by atoms with Gasteiger partial charge in [-0.1, -0.05) is 36.4 Å². The van der Waals surface area contributed by atoms with Crippen LogP contribution in [0.25, 0.3) is 12.2 Å². The van der Waals surface area contributed by atoms with Gasteiger partial charge in [-0.25, -0.2) is 0 Å². The molecule has 0 aromatic heterocycles. The fourth-order valence-electron chi connectivity index (χ4n) is 2.66. The van der Waals surface area contributed by atoms with Crippen molar-refractivity contribution in [3.05, 3.63) is 81.6 Å². The second-order valence-electron chi connectivity index (χ2n) is 6.30. The summed E-state index contributed by atoms with van der Waals surface area (Å²) in [5, 5.41) is 19.1. The standard InChI is InChI=1S/C23H20O4S2/c24-18-6-1-4-16(14-18)8-10-20(26)22(23-28-12-3-13-29-23)21(27)11-9-17-5-2-7-19(25)15-17/h1-2,4-11,14-15,24-25H,3,12-13H2/b10-8+,11-9+. The van der Waals surface area contributed by atoms with Gasteiger partial charge < -0.3 is 10.2 Å². The molecule has 2 aromatic rings. The SMILES string of the molecule is O=C(/C=C/c1cccc(O)c1)C(C(=O)/C=C/c1cccc(O)c1)=C1SCCCS1. The molecule has 6 heteroatoms. The highest BCUT2D eigenvalue weighted by Gasteiger charge is 2.22. The van der Waals surface area contributed by atoms with Crippen LogP contribution in [0.15, 0.2) is 70.5 Å².